The topological polar surface area (TPSA) is 111 Å². The molecule has 0 aromatic carbocycles. The summed E-state index contributed by atoms with van der Waals surface area (Å²) in [6.45, 7) is 1.99. The number of hydrogen-bond acceptors (Lipinski definition) is 6. The summed E-state index contributed by atoms with van der Waals surface area (Å²) in [4.78, 5) is 35.2. The van der Waals surface area contributed by atoms with Crippen LogP contribution in [0.4, 0.5) is 5.00 Å². The third kappa shape index (κ3) is 4.16. The molecule has 23 heavy (non-hydrogen) atoms. The molecule has 0 aliphatic heterocycles. The monoisotopic (exact) mass is 337 g/mol. The fraction of sp³-hybridized carbons (Fsp3) is 0.286. The summed E-state index contributed by atoms with van der Waals surface area (Å²) in [5.74, 6) is -1.95. The molecular weight excluding hydrogens is 322 g/mol. The van der Waals surface area contributed by atoms with Crippen LogP contribution in [0.25, 0.3) is 0 Å². The molecule has 2 aromatic heterocycles. The molecule has 0 atom stereocenters. The molecule has 2 rings (SSSR count). The maximum Gasteiger partial charge on any atom is 0.340 e. The maximum absolute atomic E-state index is 12.2. The minimum atomic E-state index is -0.941. The van der Waals surface area contributed by atoms with Crippen molar-refractivity contribution in [2.24, 2.45) is 0 Å². The zero-order valence-electron chi connectivity index (χ0n) is 12.5. The SMILES string of the molecule is COC(=O)c1cc(C)sc1NC(=O)c1ccn(CCC(=O)O)n1. The second kappa shape index (κ2) is 7.05. The number of carboxylic acids is 1. The van der Waals surface area contributed by atoms with E-state index in [0.29, 0.717) is 5.00 Å². The van der Waals surface area contributed by atoms with Gasteiger partial charge in [-0.25, -0.2) is 4.79 Å². The average Bonchev–Trinajstić information content (AvgIpc) is 3.11. The molecule has 0 aliphatic carbocycles. The second-order valence-electron chi connectivity index (χ2n) is 4.65. The van der Waals surface area contributed by atoms with Gasteiger partial charge in [-0.05, 0) is 19.1 Å². The van der Waals surface area contributed by atoms with Crippen LogP contribution in [0.3, 0.4) is 0 Å². The normalized spacial score (nSPS) is 10.3. The number of anilines is 1. The van der Waals surface area contributed by atoms with E-state index in [1.165, 1.54) is 35.4 Å². The number of carbonyl (C=O) groups is 3. The highest BCUT2D eigenvalue weighted by atomic mass is 32.1. The Morgan fingerprint density at radius 2 is 2.17 bits per heavy atom. The quantitative estimate of drug-likeness (QED) is 0.777. The molecule has 9 heteroatoms. The van der Waals surface area contributed by atoms with Crippen LogP contribution in [-0.2, 0) is 16.1 Å². The molecule has 122 valence electrons. The first kappa shape index (κ1) is 16.7. The van der Waals surface area contributed by atoms with Gasteiger partial charge in [-0.1, -0.05) is 0 Å². The standard InChI is InChI=1S/C14H15N3O5S/c1-8-7-9(14(21)22-2)13(23-8)15-12(20)10-3-5-17(16-10)6-4-11(18)19/h3,5,7H,4,6H2,1-2H3,(H,15,20)(H,18,19). The highest BCUT2D eigenvalue weighted by molar-refractivity contribution is 7.16. The van der Waals surface area contributed by atoms with E-state index in [1.54, 1.807) is 6.07 Å². The van der Waals surface area contributed by atoms with Crippen LogP contribution in [0.2, 0.25) is 0 Å². The van der Waals surface area contributed by atoms with Gasteiger partial charge in [0.25, 0.3) is 5.91 Å². The van der Waals surface area contributed by atoms with Gasteiger partial charge in [-0.15, -0.1) is 11.3 Å². The molecule has 0 unspecified atom stereocenters. The number of methoxy groups -OCH3 is 1. The number of aryl methyl sites for hydroxylation is 2. The van der Waals surface area contributed by atoms with Gasteiger partial charge in [0.2, 0.25) is 0 Å². The Bertz CT molecular complexity index is 749. The largest absolute Gasteiger partial charge is 0.481 e. The first-order chi connectivity index (χ1) is 10.9. The van der Waals surface area contributed by atoms with Crippen molar-refractivity contribution in [3.05, 3.63) is 34.5 Å². The van der Waals surface area contributed by atoms with Gasteiger partial charge in [0.15, 0.2) is 5.69 Å². The summed E-state index contributed by atoms with van der Waals surface area (Å²) in [6, 6.07) is 3.12. The molecule has 0 radical (unpaired) electrons. The van der Waals surface area contributed by atoms with Crippen molar-refractivity contribution in [3.8, 4) is 0 Å². The highest BCUT2D eigenvalue weighted by Crippen LogP contribution is 2.28. The summed E-state index contributed by atoms with van der Waals surface area (Å²) in [5.41, 5.74) is 0.422. The van der Waals surface area contributed by atoms with Gasteiger partial charge >= 0.3 is 11.9 Å². The van der Waals surface area contributed by atoms with Crippen molar-refractivity contribution in [1.29, 1.82) is 0 Å². The van der Waals surface area contributed by atoms with E-state index < -0.39 is 17.8 Å². The molecule has 1 amide bonds. The molecular formula is C14H15N3O5S. The predicted octanol–water partition coefficient (Wildman–Crippen LogP) is 1.77. The van der Waals surface area contributed by atoms with E-state index in [1.807, 2.05) is 6.92 Å². The van der Waals surface area contributed by atoms with Crippen molar-refractivity contribution in [2.45, 2.75) is 19.9 Å². The number of nitrogens with one attached hydrogen (secondary N) is 1. The first-order valence-corrected chi connectivity index (χ1v) is 7.47. The lowest BCUT2D eigenvalue weighted by Crippen LogP contribution is -2.15. The number of thiophene rings is 1. The summed E-state index contributed by atoms with van der Waals surface area (Å²) < 4.78 is 6.06. The van der Waals surface area contributed by atoms with Crippen LogP contribution < -0.4 is 5.32 Å². The van der Waals surface area contributed by atoms with Crippen molar-refractivity contribution < 1.29 is 24.2 Å². The molecule has 2 heterocycles. The molecule has 0 saturated carbocycles. The van der Waals surface area contributed by atoms with E-state index in [9.17, 15) is 14.4 Å². The number of aliphatic carboxylic acids is 1. The zero-order chi connectivity index (χ0) is 17.0. The molecule has 0 bridgehead atoms. The molecule has 0 aliphatic rings. The number of hydrogen-bond donors (Lipinski definition) is 2. The predicted molar refractivity (Wildman–Crippen MR) is 82.8 cm³/mol. The number of esters is 1. The van der Waals surface area contributed by atoms with Gasteiger partial charge in [0, 0.05) is 11.1 Å². The van der Waals surface area contributed by atoms with Crippen molar-refractivity contribution in [1.82, 2.24) is 9.78 Å². The third-order valence-corrected chi connectivity index (χ3v) is 3.88. The molecule has 2 aromatic rings. The van der Waals surface area contributed by atoms with Gasteiger partial charge in [0.05, 0.1) is 25.6 Å². The van der Waals surface area contributed by atoms with E-state index in [-0.39, 0.29) is 24.2 Å². The summed E-state index contributed by atoms with van der Waals surface area (Å²) in [7, 11) is 1.27. The Morgan fingerprint density at radius 1 is 1.43 bits per heavy atom. The summed E-state index contributed by atoms with van der Waals surface area (Å²) in [6.07, 6.45) is 1.44. The number of ether oxygens (including phenoxy) is 1. The van der Waals surface area contributed by atoms with E-state index in [0.717, 1.165) is 4.88 Å². The first-order valence-electron chi connectivity index (χ1n) is 6.66. The Morgan fingerprint density at radius 3 is 2.83 bits per heavy atom. The van der Waals surface area contributed by atoms with Crippen LogP contribution in [0.15, 0.2) is 18.3 Å². The lowest BCUT2D eigenvalue weighted by molar-refractivity contribution is -0.137. The summed E-state index contributed by atoms with van der Waals surface area (Å²) in [5, 5.41) is 15.7. The van der Waals surface area contributed by atoms with Gasteiger partial charge in [-0.3, -0.25) is 14.3 Å². The Kier molecular flexibility index (Phi) is 5.12. The molecule has 8 nitrogen and oxygen atoms in total. The minimum Gasteiger partial charge on any atom is -0.481 e. The van der Waals surface area contributed by atoms with Crippen molar-refractivity contribution in [2.75, 3.05) is 12.4 Å². The van der Waals surface area contributed by atoms with Crippen LogP contribution in [-0.4, -0.2) is 39.8 Å². The van der Waals surface area contributed by atoms with Crippen molar-refractivity contribution >= 4 is 34.2 Å². The van der Waals surface area contributed by atoms with Crippen LogP contribution in [0, 0.1) is 6.92 Å². The Balaban J connectivity index is 2.10. The smallest absolute Gasteiger partial charge is 0.340 e. The fourth-order valence-corrected chi connectivity index (χ4v) is 2.75. The van der Waals surface area contributed by atoms with Gasteiger partial charge < -0.3 is 15.2 Å². The van der Waals surface area contributed by atoms with E-state index in [4.69, 9.17) is 5.11 Å². The third-order valence-electron chi connectivity index (χ3n) is 2.92. The van der Waals surface area contributed by atoms with Crippen molar-refractivity contribution in [3.63, 3.8) is 0 Å². The second-order valence-corrected chi connectivity index (χ2v) is 5.91. The zero-order valence-corrected chi connectivity index (χ0v) is 13.3. The maximum atomic E-state index is 12.2. The van der Waals surface area contributed by atoms with Gasteiger partial charge in [-0.2, -0.15) is 5.10 Å². The Labute approximate surface area is 135 Å². The Hall–Kier alpha value is -2.68. The molecule has 0 fully saturated rings. The highest BCUT2D eigenvalue weighted by Gasteiger charge is 2.19. The lowest BCUT2D eigenvalue weighted by Gasteiger charge is -2.03. The minimum absolute atomic E-state index is 0.0840. The van der Waals surface area contributed by atoms with Crippen LogP contribution >= 0.6 is 11.3 Å². The number of amides is 1. The van der Waals surface area contributed by atoms with Gasteiger partial charge in [0.1, 0.15) is 5.00 Å². The number of nitrogens with zero attached hydrogens (tertiary/aromatic N) is 2. The number of aromatic nitrogens is 2. The van der Waals surface area contributed by atoms with E-state index in [2.05, 4.69) is 15.2 Å². The number of carbonyl (C=O) groups excluding carboxylic acids is 2. The molecule has 2 N–H and O–H groups in total. The van der Waals surface area contributed by atoms with Crippen LogP contribution in [0.5, 0.6) is 0 Å². The van der Waals surface area contributed by atoms with Crippen LogP contribution in [0.1, 0.15) is 32.1 Å². The molecule has 0 saturated heterocycles. The fourth-order valence-electron chi connectivity index (χ4n) is 1.85. The number of rotatable bonds is 6. The number of carboxylic acid groups (broad SMARTS) is 1. The summed E-state index contributed by atoms with van der Waals surface area (Å²) >= 11 is 1.26. The lowest BCUT2D eigenvalue weighted by atomic mass is 10.3. The average molecular weight is 337 g/mol. The van der Waals surface area contributed by atoms with E-state index >= 15 is 0 Å². The molecule has 0 spiro atoms.